The molecule has 0 aromatic carbocycles. The highest BCUT2D eigenvalue weighted by Crippen LogP contribution is 2.12. The first kappa shape index (κ1) is 11.8. The van der Waals surface area contributed by atoms with Crippen molar-refractivity contribution in [2.75, 3.05) is 5.32 Å². The van der Waals surface area contributed by atoms with Crippen LogP contribution in [0.1, 0.15) is 10.5 Å². The van der Waals surface area contributed by atoms with E-state index >= 15 is 0 Å². The first-order valence-corrected chi connectivity index (χ1v) is 5.46. The van der Waals surface area contributed by atoms with Crippen LogP contribution in [-0.4, -0.2) is 15.9 Å². The summed E-state index contributed by atoms with van der Waals surface area (Å²) < 4.78 is 0. The highest BCUT2D eigenvalue weighted by atomic mass is 35.5. The molecule has 0 spiro atoms. The van der Waals surface area contributed by atoms with Gasteiger partial charge in [-0.2, -0.15) is 0 Å². The Hall–Kier alpha value is -1.65. The molecular formula is C11H7Cl2N3O. The lowest BCUT2D eigenvalue weighted by Crippen LogP contribution is -2.14. The van der Waals surface area contributed by atoms with Crippen LogP contribution < -0.4 is 5.32 Å². The maximum Gasteiger partial charge on any atom is 0.275 e. The summed E-state index contributed by atoms with van der Waals surface area (Å²) in [5.74, 6) is -0.0217. The van der Waals surface area contributed by atoms with Crippen molar-refractivity contribution in [3.05, 3.63) is 52.4 Å². The van der Waals surface area contributed by atoms with E-state index in [0.29, 0.717) is 16.0 Å². The summed E-state index contributed by atoms with van der Waals surface area (Å²) in [5, 5.41) is 3.33. The Morgan fingerprint density at radius 2 is 2.06 bits per heavy atom. The molecule has 86 valence electrons. The highest BCUT2D eigenvalue weighted by molar-refractivity contribution is 6.31. The van der Waals surface area contributed by atoms with Gasteiger partial charge in [0, 0.05) is 11.2 Å². The van der Waals surface area contributed by atoms with E-state index in [1.54, 1.807) is 24.3 Å². The fourth-order valence-electron chi connectivity index (χ4n) is 1.19. The number of carbonyl (C=O) groups is 1. The van der Waals surface area contributed by atoms with Crippen LogP contribution in [0.15, 0.2) is 36.5 Å². The van der Waals surface area contributed by atoms with Crippen molar-refractivity contribution in [2.24, 2.45) is 0 Å². The number of nitrogens with zero attached hydrogens (tertiary/aromatic N) is 2. The Kier molecular flexibility index (Phi) is 3.56. The van der Waals surface area contributed by atoms with Gasteiger partial charge >= 0.3 is 0 Å². The number of hydrogen-bond donors (Lipinski definition) is 1. The van der Waals surface area contributed by atoms with Crippen molar-refractivity contribution in [1.29, 1.82) is 0 Å². The zero-order chi connectivity index (χ0) is 12.3. The van der Waals surface area contributed by atoms with Gasteiger partial charge in [0.2, 0.25) is 0 Å². The minimum atomic E-state index is -0.387. The second-order valence-electron chi connectivity index (χ2n) is 3.16. The SMILES string of the molecule is O=C(Nc1cccc(Cl)n1)c1cc(Cl)ccn1. The number of nitrogens with one attached hydrogen (secondary N) is 1. The maximum absolute atomic E-state index is 11.8. The number of rotatable bonds is 2. The molecule has 0 atom stereocenters. The monoisotopic (exact) mass is 267 g/mol. The van der Waals surface area contributed by atoms with Gasteiger partial charge in [0.1, 0.15) is 16.7 Å². The molecular weight excluding hydrogens is 261 g/mol. The van der Waals surface area contributed by atoms with E-state index in [1.807, 2.05) is 0 Å². The summed E-state index contributed by atoms with van der Waals surface area (Å²) in [5.41, 5.74) is 0.222. The first-order valence-electron chi connectivity index (χ1n) is 4.70. The summed E-state index contributed by atoms with van der Waals surface area (Å²) >= 11 is 11.5. The van der Waals surface area contributed by atoms with Crippen LogP contribution in [0.3, 0.4) is 0 Å². The molecule has 0 aliphatic heterocycles. The molecule has 2 aromatic rings. The molecule has 17 heavy (non-hydrogen) atoms. The van der Waals surface area contributed by atoms with E-state index in [2.05, 4.69) is 15.3 Å². The molecule has 0 radical (unpaired) electrons. The quantitative estimate of drug-likeness (QED) is 0.851. The molecule has 0 bridgehead atoms. The molecule has 0 aliphatic carbocycles. The van der Waals surface area contributed by atoms with Crippen molar-refractivity contribution in [3.63, 3.8) is 0 Å². The van der Waals surface area contributed by atoms with Crippen LogP contribution in [0.2, 0.25) is 10.2 Å². The number of aromatic nitrogens is 2. The molecule has 0 unspecified atom stereocenters. The van der Waals surface area contributed by atoms with Crippen LogP contribution in [0, 0.1) is 0 Å². The lowest BCUT2D eigenvalue weighted by Gasteiger charge is -2.03. The number of halogens is 2. The predicted octanol–water partition coefficient (Wildman–Crippen LogP) is 3.04. The van der Waals surface area contributed by atoms with Crippen LogP contribution in [-0.2, 0) is 0 Å². The summed E-state index contributed by atoms with van der Waals surface area (Å²) in [7, 11) is 0. The third kappa shape index (κ3) is 3.15. The maximum atomic E-state index is 11.8. The Morgan fingerprint density at radius 3 is 2.76 bits per heavy atom. The second-order valence-corrected chi connectivity index (χ2v) is 3.98. The second kappa shape index (κ2) is 5.12. The number of pyridine rings is 2. The van der Waals surface area contributed by atoms with Crippen LogP contribution >= 0.6 is 23.2 Å². The minimum Gasteiger partial charge on any atom is -0.305 e. The van der Waals surface area contributed by atoms with Gasteiger partial charge in [-0.15, -0.1) is 0 Å². The van der Waals surface area contributed by atoms with Gasteiger partial charge in [0.25, 0.3) is 5.91 Å². The van der Waals surface area contributed by atoms with Crippen molar-refractivity contribution in [3.8, 4) is 0 Å². The van der Waals surface area contributed by atoms with Crippen molar-refractivity contribution < 1.29 is 4.79 Å². The summed E-state index contributed by atoms with van der Waals surface area (Å²) in [6.45, 7) is 0. The molecule has 4 nitrogen and oxygen atoms in total. The van der Waals surface area contributed by atoms with Gasteiger partial charge in [-0.25, -0.2) is 4.98 Å². The average Bonchev–Trinajstić information content (AvgIpc) is 2.29. The Morgan fingerprint density at radius 1 is 1.24 bits per heavy atom. The third-order valence-electron chi connectivity index (χ3n) is 1.91. The summed E-state index contributed by atoms with van der Waals surface area (Å²) in [4.78, 5) is 19.6. The van der Waals surface area contributed by atoms with Crippen LogP contribution in [0.4, 0.5) is 5.82 Å². The van der Waals surface area contributed by atoms with Crippen molar-refractivity contribution >= 4 is 34.9 Å². The molecule has 1 N–H and O–H groups in total. The molecule has 2 heterocycles. The van der Waals surface area contributed by atoms with E-state index in [0.717, 1.165) is 0 Å². The van der Waals surface area contributed by atoms with Gasteiger partial charge in [0.05, 0.1) is 0 Å². The lowest BCUT2D eigenvalue weighted by atomic mass is 10.3. The topological polar surface area (TPSA) is 54.9 Å². The standard InChI is InChI=1S/C11H7Cl2N3O/c12-7-4-5-14-8(6-7)11(17)16-10-3-1-2-9(13)15-10/h1-6H,(H,15,16,17). The molecule has 0 saturated carbocycles. The van der Waals surface area contributed by atoms with Gasteiger partial charge in [-0.05, 0) is 24.3 Å². The van der Waals surface area contributed by atoms with E-state index in [9.17, 15) is 4.79 Å². The predicted molar refractivity (Wildman–Crippen MR) is 66.4 cm³/mol. The van der Waals surface area contributed by atoms with E-state index in [-0.39, 0.29) is 11.6 Å². The Balaban J connectivity index is 2.17. The van der Waals surface area contributed by atoms with Gasteiger partial charge in [-0.1, -0.05) is 29.3 Å². The van der Waals surface area contributed by atoms with E-state index < -0.39 is 0 Å². The average molecular weight is 268 g/mol. The lowest BCUT2D eigenvalue weighted by molar-refractivity contribution is 0.102. The largest absolute Gasteiger partial charge is 0.305 e. The summed E-state index contributed by atoms with van der Waals surface area (Å²) in [6.07, 6.45) is 1.46. The molecule has 2 rings (SSSR count). The van der Waals surface area contributed by atoms with Crippen LogP contribution in [0.5, 0.6) is 0 Å². The molecule has 0 fully saturated rings. The zero-order valence-corrected chi connectivity index (χ0v) is 10.0. The van der Waals surface area contributed by atoms with Crippen molar-refractivity contribution in [2.45, 2.75) is 0 Å². The zero-order valence-electron chi connectivity index (χ0n) is 8.52. The molecule has 1 amide bonds. The molecule has 2 aromatic heterocycles. The molecule has 0 saturated heterocycles. The fraction of sp³-hybridized carbons (Fsp3) is 0. The number of anilines is 1. The Bertz CT molecular complexity index is 560. The number of amides is 1. The highest BCUT2D eigenvalue weighted by Gasteiger charge is 2.08. The van der Waals surface area contributed by atoms with Gasteiger partial charge < -0.3 is 5.32 Å². The third-order valence-corrected chi connectivity index (χ3v) is 2.36. The normalized spacial score (nSPS) is 10.0. The molecule has 6 heteroatoms. The van der Waals surface area contributed by atoms with Crippen molar-refractivity contribution in [1.82, 2.24) is 9.97 Å². The Labute approximate surface area is 108 Å². The molecule has 0 aliphatic rings. The van der Waals surface area contributed by atoms with Crippen LogP contribution in [0.25, 0.3) is 0 Å². The van der Waals surface area contributed by atoms with Gasteiger partial charge in [0.15, 0.2) is 0 Å². The minimum absolute atomic E-state index is 0.222. The smallest absolute Gasteiger partial charge is 0.275 e. The first-order chi connectivity index (χ1) is 8.15. The van der Waals surface area contributed by atoms with E-state index in [4.69, 9.17) is 23.2 Å². The number of carbonyl (C=O) groups excluding carboxylic acids is 1. The fourth-order valence-corrected chi connectivity index (χ4v) is 1.51. The van der Waals surface area contributed by atoms with E-state index in [1.165, 1.54) is 12.3 Å². The van der Waals surface area contributed by atoms with Gasteiger partial charge in [-0.3, -0.25) is 9.78 Å². The summed E-state index contributed by atoms with van der Waals surface area (Å²) in [6, 6.07) is 8.01. The number of hydrogen-bond acceptors (Lipinski definition) is 3.